The molecule has 1 fully saturated rings. The number of hydrogen-bond acceptors (Lipinski definition) is 4. The fraction of sp³-hybridized carbons (Fsp3) is 0.471. The lowest BCUT2D eigenvalue weighted by atomic mass is 9.79. The van der Waals surface area contributed by atoms with Crippen LogP contribution in [0.3, 0.4) is 0 Å². The Labute approximate surface area is 131 Å². The van der Waals surface area contributed by atoms with Gasteiger partial charge in [0.05, 0.1) is 12.5 Å². The van der Waals surface area contributed by atoms with Crippen molar-refractivity contribution in [1.82, 2.24) is 5.32 Å². The number of benzene rings is 1. The van der Waals surface area contributed by atoms with Gasteiger partial charge in [-0.25, -0.2) is 0 Å². The number of rotatable bonds is 7. The third-order valence-electron chi connectivity index (χ3n) is 4.13. The molecule has 1 aromatic carbocycles. The van der Waals surface area contributed by atoms with E-state index in [1.807, 2.05) is 36.4 Å². The number of methoxy groups -OCH3 is 1. The van der Waals surface area contributed by atoms with Gasteiger partial charge in [-0.1, -0.05) is 30.4 Å². The molecule has 3 N–H and O–H groups in total. The van der Waals surface area contributed by atoms with Gasteiger partial charge in [0.2, 0.25) is 5.91 Å². The van der Waals surface area contributed by atoms with Crippen LogP contribution in [0.1, 0.15) is 18.4 Å². The summed E-state index contributed by atoms with van der Waals surface area (Å²) < 4.78 is 10.6. The summed E-state index contributed by atoms with van der Waals surface area (Å²) >= 11 is 0. The largest absolute Gasteiger partial charge is 0.496 e. The first-order valence-electron chi connectivity index (χ1n) is 7.56. The van der Waals surface area contributed by atoms with E-state index in [-0.39, 0.29) is 5.91 Å². The van der Waals surface area contributed by atoms with Crippen LogP contribution >= 0.6 is 0 Å². The molecule has 0 saturated carbocycles. The predicted molar refractivity (Wildman–Crippen MR) is 86.6 cm³/mol. The second-order valence-electron chi connectivity index (χ2n) is 5.53. The molecule has 1 aromatic rings. The minimum absolute atomic E-state index is 0.239. The van der Waals surface area contributed by atoms with Gasteiger partial charge in [0.25, 0.3) is 0 Å². The van der Waals surface area contributed by atoms with Crippen LogP contribution in [-0.4, -0.2) is 39.3 Å². The Morgan fingerprint density at radius 2 is 2.14 bits per heavy atom. The average molecular weight is 304 g/mol. The molecule has 5 nitrogen and oxygen atoms in total. The second-order valence-corrected chi connectivity index (χ2v) is 5.53. The summed E-state index contributed by atoms with van der Waals surface area (Å²) in [5.74, 6) is 0.605. The molecule has 0 bridgehead atoms. The first-order chi connectivity index (χ1) is 10.7. The molecule has 0 aliphatic carbocycles. The number of nitrogens with two attached hydrogens (primary N) is 1. The number of hydrogen-bond donors (Lipinski definition) is 2. The molecule has 1 saturated heterocycles. The normalized spacial score (nSPS) is 17.5. The highest BCUT2D eigenvalue weighted by Crippen LogP contribution is 2.29. The quantitative estimate of drug-likeness (QED) is 0.750. The van der Waals surface area contributed by atoms with E-state index in [9.17, 15) is 4.79 Å². The van der Waals surface area contributed by atoms with Crippen molar-refractivity contribution in [2.24, 2.45) is 11.1 Å². The van der Waals surface area contributed by atoms with Gasteiger partial charge >= 0.3 is 0 Å². The molecular weight excluding hydrogens is 280 g/mol. The van der Waals surface area contributed by atoms with Crippen molar-refractivity contribution in [1.29, 1.82) is 0 Å². The number of carbonyl (C=O) groups excluding carboxylic acids is 1. The van der Waals surface area contributed by atoms with Crippen molar-refractivity contribution >= 4 is 12.0 Å². The van der Waals surface area contributed by atoms with Gasteiger partial charge in [-0.3, -0.25) is 4.79 Å². The van der Waals surface area contributed by atoms with E-state index in [0.29, 0.717) is 39.1 Å². The van der Waals surface area contributed by atoms with Gasteiger partial charge in [-0.15, -0.1) is 0 Å². The standard InChI is InChI=1S/C17H24N2O3/c1-21-15-7-3-2-5-14(15)6-4-10-19-13-17(16(18)20)8-11-22-12-9-17/h2-7,19H,8-13H2,1H3,(H2,18,20). The number of primary amides is 1. The lowest BCUT2D eigenvalue weighted by Crippen LogP contribution is -2.48. The summed E-state index contributed by atoms with van der Waals surface area (Å²) in [6.07, 6.45) is 5.40. The Balaban J connectivity index is 1.85. The van der Waals surface area contributed by atoms with E-state index in [1.54, 1.807) is 7.11 Å². The Morgan fingerprint density at radius 3 is 2.82 bits per heavy atom. The minimum Gasteiger partial charge on any atom is -0.496 e. The van der Waals surface area contributed by atoms with Gasteiger partial charge in [0.1, 0.15) is 5.75 Å². The first-order valence-corrected chi connectivity index (χ1v) is 7.56. The van der Waals surface area contributed by atoms with Crippen LogP contribution in [0, 0.1) is 5.41 Å². The maximum absolute atomic E-state index is 11.7. The highest BCUT2D eigenvalue weighted by molar-refractivity contribution is 5.81. The van der Waals surface area contributed by atoms with Gasteiger partial charge < -0.3 is 20.5 Å². The molecule has 0 aromatic heterocycles. The summed E-state index contributed by atoms with van der Waals surface area (Å²) in [5.41, 5.74) is 6.13. The summed E-state index contributed by atoms with van der Waals surface area (Å²) in [6.45, 7) is 2.46. The third kappa shape index (κ3) is 4.08. The summed E-state index contributed by atoms with van der Waals surface area (Å²) in [4.78, 5) is 11.7. The highest BCUT2D eigenvalue weighted by Gasteiger charge is 2.37. The van der Waals surface area contributed by atoms with Crippen molar-refractivity contribution < 1.29 is 14.3 Å². The zero-order valence-electron chi connectivity index (χ0n) is 13.0. The topological polar surface area (TPSA) is 73.6 Å². The Bertz CT molecular complexity index is 522. The van der Waals surface area contributed by atoms with E-state index >= 15 is 0 Å². The SMILES string of the molecule is COc1ccccc1C=CCNCC1(C(N)=O)CCOCC1. The molecule has 1 amide bonds. The fourth-order valence-electron chi connectivity index (χ4n) is 2.66. The van der Waals surface area contributed by atoms with Crippen LogP contribution in [0.5, 0.6) is 5.75 Å². The van der Waals surface area contributed by atoms with Crippen molar-refractivity contribution in [3.05, 3.63) is 35.9 Å². The molecule has 0 radical (unpaired) electrons. The fourth-order valence-corrected chi connectivity index (χ4v) is 2.66. The molecular formula is C17H24N2O3. The Kier molecular flexibility index (Phi) is 5.98. The maximum atomic E-state index is 11.7. The van der Waals surface area contributed by atoms with E-state index in [0.717, 1.165) is 11.3 Å². The zero-order valence-corrected chi connectivity index (χ0v) is 13.0. The summed E-state index contributed by atoms with van der Waals surface area (Å²) in [6, 6.07) is 7.84. The van der Waals surface area contributed by atoms with Crippen molar-refractivity contribution in [3.63, 3.8) is 0 Å². The second kappa shape index (κ2) is 7.96. The first kappa shape index (κ1) is 16.5. The average Bonchev–Trinajstić information content (AvgIpc) is 2.55. The summed E-state index contributed by atoms with van der Waals surface area (Å²) in [7, 11) is 1.66. The van der Waals surface area contributed by atoms with Crippen LogP contribution in [0.25, 0.3) is 6.08 Å². The van der Waals surface area contributed by atoms with Gasteiger partial charge in [-0.05, 0) is 18.9 Å². The lowest BCUT2D eigenvalue weighted by Gasteiger charge is -2.34. The number of para-hydroxylation sites is 1. The molecule has 0 unspecified atom stereocenters. The molecule has 1 heterocycles. The molecule has 5 heteroatoms. The minimum atomic E-state index is -0.476. The van der Waals surface area contributed by atoms with Crippen LogP contribution in [0.15, 0.2) is 30.3 Å². The van der Waals surface area contributed by atoms with E-state index in [4.69, 9.17) is 15.2 Å². The monoisotopic (exact) mass is 304 g/mol. The highest BCUT2D eigenvalue weighted by atomic mass is 16.5. The zero-order chi connectivity index (χ0) is 15.8. The van der Waals surface area contributed by atoms with Crippen LogP contribution in [-0.2, 0) is 9.53 Å². The Morgan fingerprint density at radius 1 is 1.41 bits per heavy atom. The molecule has 120 valence electrons. The third-order valence-corrected chi connectivity index (χ3v) is 4.13. The molecule has 2 rings (SSSR count). The van der Waals surface area contributed by atoms with Gasteiger partial charge in [0.15, 0.2) is 0 Å². The van der Waals surface area contributed by atoms with Gasteiger partial charge in [0, 0.05) is 31.9 Å². The molecule has 22 heavy (non-hydrogen) atoms. The van der Waals surface area contributed by atoms with Crippen LogP contribution < -0.4 is 15.8 Å². The number of amides is 1. The number of carbonyl (C=O) groups is 1. The van der Waals surface area contributed by atoms with E-state index in [2.05, 4.69) is 5.32 Å². The Hall–Kier alpha value is -1.85. The van der Waals surface area contributed by atoms with Gasteiger partial charge in [-0.2, -0.15) is 0 Å². The van der Waals surface area contributed by atoms with Crippen LogP contribution in [0.4, 0.5) is 0 Å². The van der Waals surface area contributed by atoms with Crippen molar-refractivity contribution in [3.8, 4) is 5.75 Å². The molecule has 0 spiro atoms. The molecule has 0 atom stereocenters. The number of ether oxygens (including phenoxy) is 2. The molecule has 1 aliphatic rings. The van der Waals surface area contributed by atoms with E-state index in [1.165, 1.54) is 0 Å². The maximum Gasteiger partial charge on any atom is 0.225 e. The van der Waals surface area contributed by atoms with E-state index < -0.39 is 5.41 Å². The summed E-state index contributed by atoms with van der Waals surface area (Å²) in [5, 5.41) is 3.30. The predicted octanol–water partition coefficient (Wildman–Crippen LogP) is 1.58. The lowest BCUT2D eigenvalue weighted by molar-refractivity contribution is -0.132. The number of nitrogens with one attached hydrogen (secondary N) is 1. The molecule has 1 aliphatic heterocycles. The van der Waals surface area contributed by atoms with Crippen LogP contribution in [0.2, 0.25) is 0 Å². The smallest absolute Gasteiger partial charge is 0.225 e. The van der Waals surface area contributed by atoms with Crippen molar-refractivity contribution in [2.75, 3.05) is 33.4 Å². The van der Waals surface area contributed by atoms with Crippen molar-refractivity contribution in [2.45, 2.75) is 12.8 Å².